The van der Waals surface area contributed by atoms with Crippen LogP contribution in [0.4, 0.5) is 5.82 Å². The van der Waals surface area contributed by atoms with Crippen molar-refractivity contribution in [2.24, 2.45) is 5.73 Å². The fourth-order valence-electron chi connectivity index (χ4n) is 2.22. The van der Waals surface area contributed by atoms with Gasteiger partial charge in [-0.3, -0.25) is 0 Å². The molecule has 0 aliphatic carbocycles. The Hall–Kier alpha value is -1.68. The van der Waals surface area contributed by atoms with E-state index in [9.17, 15) is 0 Å². The Morgan fingerprint density at radius 1 is 1.05 bits per heavy atom. The second-order valence-electron chi connectivity index (χ2n) is 4.89. The molecule has 1 aromatic heterocycles. The molecule has 0 spiro atoms. The fourth-order valence-corrected chi connectivity index (χ4v) is 2.22. The molecule has 102 valence electrons. The van der Waals surface area contributed by atoms with Gasteiger partial charge in [0.25, 0.3) is 0 Å². The summed E-state index contributed by atoms with van der Waals surface area (Å²) in [4.78, 5) is 11.5. The quantitative estimate of drug-likeness (QED) is 0.809. The zero-order valence-corrected chi connectivity index (χ0v) is 11.8. The molecule has 0 fully saturated rings. The third kappa shape index (κ3) is 3.41. The number of rotatable bonds is 6. The van der Waals surface area contributed by atoms with Crippen molar-refractivity contribution in [3.8, 4) is 0 Å². The van der Waals surface area contributed by atoms with Crippen LogP contribution in [-0.2, 0) is 0 Å². The molecule has 2 N–H and O–H groups in total. The van der Waals surface area contributed by atoms with Crippen molar-refractivity contribution >= 4 is 16.9 Å². The van der Waals surface area contributed by atoms with Crippen molar-refractivity contribution < 1.29 is 0 Å². The van der Waals surface area contributed by atoms with E-state index >= 15 is 0 Å². The summed E-state index contributed by atoms with van der Waals surface area (Å²) >= 11 is 0. The normalized spacial score (nSPS) is 10.9. The van der Waals surface area contributed by atoms with Gasteiger partial charge in [0.15, 0.2) is 5.82 Å². The van der Waals surface area contributed by atoms with Gasteiger partial charge in [0.2, 0.25) is 0 Å². The molecule has 2 aromatic rings. The van der Waals surface area contributed by atoms with Crippen LogP contribution in [0.3, 0.4) is 0 Å². The fraction of sp³-hybridized carbons (Fsp3) is 0.467. The van der Waals surface area contributed by atoms with Gasteiger partial charge in [0.05, 0.1) is 16.7 Å². The van der Waals surface area contributed by atoms with Crippen molar-refractivity contribution in [2.75, 3.05) is 25.0 Å². The first kappa shape index (κ1) is 13.7. The van der Waals surface area contributed by atoms with Gasteiger partial charge in [-0.05, 0) is 38.4 Å². The lowest BCUT2D eigenvalue weighted by Crippen LogP contribution is -2.21. The molecule has 4 nitrogen and oxygen atoms in total. The maximum absolute atomic E-state index is 5.51. The van der Waals surface area contributed by atoms with Crippen molar-refractivity contribution in [3.05, 3.63) is 30.0 Å². The minimum Gasteiger partial charge on any atom is -0.358 e. The Bertz CT molecular complexity index is 539. The van der Waals surface area contributed by atoms with Gasteiger partial charge in [0, 0.05) is 13.6 Å². The third-order valence-corrected chi connectivity index (χ3v) is 3.28. The Labute approximate surface area is 114 Å². The van der Waals surface area contributed by atoms with E-state index in [1.54, 1.807) is 0 Å². The van der Waals surface area contributed by atoms with Crippen LogP contribution in [0, 0.1) is 6.92 Å². The lowest BCUT2D eigenvalue weighted by Gasteiger charge is -2.20. The maximum Gasteiger partial charge on any atom is 0.150 e. The van der Waals surface area contributed by atoms with E-state index in [1.807, 2.05) is 31.2 Å². The van der Waals surface area contributed by atoms with Gasteiger partial charge in [-0.1, -0.05) is 18.6 Å². The molecule has 0 amide bonds. The van der Waals surface area contributed by atoms with Gasteiger partial charge >= 0.3 is 0 Å². The van der Waals surface area contributed by atoms with Gasteiger partial charge in [-0.15, -0.1) is 0 Å². The molecule has 2 rings (SSSR count). The lowest BCUT2D eigenvalue weighted by molar-refractivity contribution is 0.675. The zero-order valence-electron chi connectivity index (χ0n) is 11.8. The van der Waals surface area contributed by atoms with Gasteiger partial charge in [0.1, 0.15) is 0 Å². The third-order valence-electron chi connectivity index (χ3n) is 3.28. The van der Waals surface area contributed by atoms with Crippen LogP contribution in [0.15, 0.2) is 24.3 Å². The van der Waals surface area contributed by atoms with Gasteiger partial charge < -0.3 is 10.6 Å². The van der Waals surface area contributed by atoms with Crippen molar-refractivity contribution in [2.45, 2.75) is 26.2 Å². The minimum atomic E-state index is 0.776. The van der Waals surface area contributed by atoms with E-state index in [0.717, 1.165) is 48.5 Å². The molecule has 0 saturated carbocycles. The number of fused-ring (bicyclic) bond motifs is 1. The molecule has 0 unspecified atom stereocenters. The molecule has 0 saturated heterocycles. The summed E-state index contributed by atoms with van der Waals surface area (Å²) in [5.41, 5.74) is 8.41. The van der Waals surface area contributed by atoms with E-state index in [4.69, 9.17) is 10.7 Å². The monoisotopic (exact) mass is 258 g/mol. The highest BCUT2D eigenvalue weighted by atomic mass is 15.2. The van der Waals surface area contributed by atoms with Crippen molar-refractivity contribution in [3.63, 3.8) is 0 Å². The largest absolute Gasteiger partial charge is 0.358 e. The van der Waals surface area contributed by atoms with Crippen molar-refractivity contribution in [1.82, 2.24) is 9.97 Å². The number of nitrogens with two attached hydrogens (primary N) is 1. The van der Waals surface area contributed by atoms with Crippen LogP contribution in [-0.4, -0.2) is 30.1 Å². The molecule has 4 heteroatoms. The molecule has 0 atom stereocenters. The second kappa shape index (κ2) is 6.48. The maximum atomic E-state index is 5.51. The zero-order chi connectivity index (χ0) is 13.7. The Morgan fingerprint density at radius 2 is 1.74 bits per heavy atom. The summed E-state index contributed by atoms with van der Waals surface area (Å²) in [6.07, 6.45) is 3.40. The van der Waals surface area contributed by atoms with Crippen LogP contribution in [0.5, 0.6) is 0 Å². The summed E-state index contributed by atoms with van der Waals surface area (Å²) in [6.45, 7) is 3.79. The van der Waals surface area contributed by atoms with Gasteiger partial charge in [-0.25, -0.2) is 9.97 Å². The number of aryl methyl sites for hydroxylation is 1. The van der Waals surface area contributed by atoms with Gasteiger partial charge in [-0.2, -0.15) is 0 Å². The smallest absolute Gasteiger partial charge is 0.150 e. The lowest BCUT2D eigenvalue weighted by atomic mass is 10.2. The number of aromatic nitrogens is 2. The summed E-state index contributed by atoms with van der Waals surface area (Å²) in [6, 6.07) is 8.00. The minimum absolute atomic E-state index is 0.776. The predicted octanol–water partition coefficient (Wildman–Crippen LogP) is 2.50. The number of hydrogen-bond acceptors (Lipinski definition) is 4. The molecule has 0 bridgehead atoms. The van der Waals surface area contributed by atoms with E-state index < -0.39 is 0 Å². The standard InChI is InChI=1S/C15H22N4/c1-12-15(19(2)11-7-3-6-10-16)18-14-9-5-4-8-13(14)17-12/h4-5,8-9H,3,6-7,10-11,16H2,1-2H3. The molecule has 0 aliphatic heterocycles. The summed E-state index contributed by atoms with van der Waals surface area (Å²) < 4.78 is 0. The summed E-state index contributed by atoms with van der Waals surface area (Å²) in [5.74, 6) is 0.978. The molecule has 0 aliphatic rings. The molecule has 1 heterocycles. The Kier molecular flexibility index (Phi) is 4.68. The number of nitrogens with zero attached hydrogens (tertiary/aromatic N) is 3. The highest BCUT2D eigenvalue weighted by Gasteiger charge is 2.09. The van der Waals surface area contributed by atoms with Crippen LogP contribution >= 0.6 is 0 Å². The van der Waals surface area contributed by atoms with Crippen molar-refractivity contribution in [1.29, 1.82) is 0 Å². The van der Waals surface area contributed by atoms with Crippen LogP contribution < -0.4 is 10.6 Å². The van der Waals surface area contributed by atoms with E-state index in [1.165, 1.54) is 6.42 Å². The van der Waals surface area contributed by atoms with E-state index in [0.29, 0.717) is 0 Å². The van der Waals surface area contributed by atoms with Crippen LogP contribution in [0.2, 0.25) is 0 Å². The van der Waals surface area contributed by atoms with E-state index in [-0.39, 0.29) is 0 Å². The topological polar surface area (TPSA) is 55.0 Å². The number of anilines is 1. The Morgan fingerprint density at radius 3 is 2.42 bits per heavy atom. The number of benzene rings is 1. The highest BCUT2D eigenvalue weighted by molar-refractivity contribution is 5.76. The molecule has 1 aromatic carbocycles. The molecule has 19 heavy (non-hydrogen) atoms. The SMILES string of the molecule is Cc1nc2ccccc2nc1N(C)CCCCCN. The average molecular weight is 258 g/mol. The number of para-hydroxylation sites is 2. The number of unbranched alkanes of at least 4 members (excludes halogenated alkanes) is 2. The predicted molar refractivity (Wildman–Crippen MR) is 80.5 cm³/mol. The molecular formula is C15H22N4. The summed E-state index contributed by atoms with van der Waals surface area (Å²) in [7, 11) is 2.08. The Balaban J connectivity index is 2.12. The second-order valence-corrected chi connectivity index (χ2v) is 4.89. The van der Waals surface area contributed by atoms with Crippen LogP contribution in [0.25, 0.3) is 11.0 Å². The molecule has 0 radical (unpaired) electrons. The first-order valence-electron chi connectivity index (χ1n) is 6.87. The van der Waals surface area contributed by atoms with Crippen LogP contribution in [0.1, 0.15) is 25.0 Å². The van der Waals surface area contributed by atoms with E-state index in [2.05, 4.69) is 16.9 Å². The first-order chi connectivity index (χ1) is 9.22. The first-order valence-corrected chi connectivity index (χ1v) is 6.87. The average Bonchev–Trinajstić information content (AvgIpc) is 2.42. The molecular weight excluding hydrogens is 236 g/mol. The number of hydrogen-bond donors (Lipinski definition) is 1. The highest BCUT2D eigenvalue weighted by Crippen LogP contribution is 2.19. The summed E-state index contributed by atoms with van der Waals surface area (Å²) in [5, 5.41) is 0.